The van der Waals surface area contributed by atoms with Crippen LogP contribution >= 0.6 is 23.5 Å². The summed E-state index contributed by atoms with van der Waals surface area (Å²) >= 11 is 3.01. The fourth-order valence-corrected chi connectivity index (χ4v) is 1.93. The van der Waals surface area contributed by atoms with Gasteiger partial charge in [-0.15, -0.1) is 0 Å². The molecule has 0 spiro atoms. The Hall–Kier alpha value is -0.360. The minimum atomic E-state index is 0.453. The minimum Gasteiger partial charge on any atom is -0.282 e. The molecule has 13 heavy (non-hydrogen) atoms. The lowest BCUT2D eigenvalue weighted by Gasteiger charge is -1.97. The van der Waals surface area contributed by atoms with Gasteiger partial charge in [0.2, 0.25) is 0 Å². The van der Waals surface area contributed by atoms with Crippen LogP contribution in [0.15, 0.2) is 0 Å². The van der Waals surface area contributed by atoms with Crippen molar-refractivity contribution in [3.63, 3.8) is 0 Å². The first-order valence-corrected chi connectivity index (χ1v) is 6.11. The average molecular weight is 222 g/mol. The molecule has 0 atom stereocenters. The van der Waals surface area contributed by atoms with Crippen molar-refractivity contribution in [2.75, 3.05) is 11.5 Å². The second kappa shape index (κ2) is 8.25. The van der Waals surface area contributed by atoms with E-state index in [0.717, 1.165) is 24.3 Å². The van der Waals surface area contributed by atoms with Crippen molar-refractivity contribution in [3.05, 3.63) is 0 Å². The van der Waals surface area contributed by atoms with Gasteiger partial charge in [0.05, 0.1) is 0 Å². The van der Waals surface area contributed by atoms with Crippen LogP contribution in [0.4, 0.5) is 0 Å². The Balaban J connectivity index is 3.00. The number of thioether (sulfide) groups is 2. The monoisotopic (exact) mass is 222 g/mol. The van der Waals surface area contributed by atoms with E-state index >= 15 is 0 Å². The lowest BCUT2D eigenvalue weighted by atomic mass is 10.3. The molecule has 0 heterocycles. The van der Waals surface area contributed by atoms with Crippen molar-refractivity contribution < 1.29 is 10.8 Å². The Morgan fingerprint density at radius 3 is 1.54 bits per heavy atom. The van der Waals surface area contributed by atoms with Gasteiger partial charge in [0.15, 0.2) is 0 Å². The topological polar surface area (TPSA) is 103 Å². The molecule has 76 valence electrons. The zero-order valence-electron chi connectivity index (χ0n) is 7.66. The number of rotatable bonds is 6. The normalized spacial score (nSPS) is 9.85. The molecule has 0 radical (unpaired) electrons. The van der Waals surface area contributed by atoms with Crippen LogP contribution in [0.25, 0.3) is 0 Å². The van der Waals surface area contributed by atoms with Gasteiger partial charge in [-0.05, 0) is 36.4 Å². The molecule has 0 unspecified atom stereocenters. The van der Waals surface area contributed by atoms with Crippen molar-refractivity contribution in [1.29, 1.82) is 0 Å². The summed E-state index contributed by atoms with van der Waals surface area (Å²) in [6, 6.07) is 0. The molecule has 0 bridgehead atoms. The third-order valence-electron chi connectivity index (χ3n) is 1.33. The Kier molecular flexibility index (Phi) is 8.02. The third kappa shape index (κ3) is 11.6. The SMILES string of the molecule is NC(=[NH2+])SCCCCCSC(N)=[NH2+]. The lowest BCUT2D eigenvalue weighted by molar-refractivity contribution is -0.110. The lowest BCUT2D eigenvalue weighted by Crippen LogP contribution is -2.43. The van der Waals surface area contributed by atoms with E-state index in [2.05, 4.69) is 0 Å². The quantitative estimate of drug-likeness (QED) is 0.232. The van der Waals surface area contributed by atoms with Gasteiger partial charge in [-0.1, -0.05) is 6.42 Å². The molecule has 0 saturated heterocycles. The van der Waals surface area contributed by atoms with Gasteiger partial charge < -0.3 is 0 Å². The maximum absolute atomic E-state index is 5.29. The highest BCUT2D eigenvalue weighted by Crippen LogP contribution is 2.07. The zero-order chi connectivity index (χ0) is 10.1. The first kappa shape index (κ1) is 12.6. The predicted octanol–water partition coefficient (Wildman–Crippen LogP) is -2.23. The van der Waals surface area contributed by atoms with Crippen LogP contribution < -0.4 is 22.3 Å². The molecule has 0 aliphatic carbocycles. The summed E-state index contributed by atoms with van der Waals surface area (Å²) < 4.78 is 0. The summed E-state index contributed by atoms with van der Waals surface area (Å²) in [6.45, 7) is 0. The van der Waals surface area contributed by atoms with E-state index in [1.54, 1.807) is 0 Å². The molecule has 4 nitrogen and oxygen atoms in total. The molecular weight excluding hydrogens is 204 g/mol. The molecule has 0 rings (SSSR count). The van der Waals surface area contributed by atoms with Gasteiger partial charge in [0, 0.05) is 11.5 Å². The number of unbranched alkanes of at least 4 members (excludes halogenated alkanes) is 2. The highest BCUT2D eigenvalue weighted by atomic mass is 32.2. The number of amidine groups is 2. The van der Waals surface area contributed by atoms with Crippen molar-refractivity contribution in [2.24, 2.45) is 11.5 Å². The Labute approximate surface area is 87.2 Å². The summed E-state index contributed by atoms with van der Waals surface area (Å²) in [5, 5.41) is 11.5. The first-order valence-electron chi connectivity index (χ1n) is 4.14. The number of hydrogen-bond donors (Lipinski definition) is 4. The van der Waals surface area contributed by atoms with Crippen LogP contribution in [0.1, 0.15) is 19.3 Å². The maximum atomic E-state index is 5.29. The second-order valence-corrected chi connectivity index (χ2v) is 4.90. The van der Waals surface area contributed by atoms with E-state index in [4.69, 9.17) is 22.3 Å². The summed E-state index contributed by atoms with van der Waals surface area (Å²) in [6.07, 6.45) is 3.43. The van der Waals surface area contributed by atoms with Crippen molar-refractivity contribution in [2.45, 2.75) is 19.3 Å². The Bertz CT molecular complexity index is 154. The van der Waals surface area contributed by atoms with Crippen molar-refractivity contribution in [1.82, 2.24) is 0 Å². The zero-order valence-corrected chi connectivity index (χ0v) is 9.29. The van der Waals surface area contributed by atoms with Gasteiger partial charge >= 0.3 is 0 Å². The highest BCUT2D eigenvalue weighted by Gasteiger charge is 1.98. The molecule has 0 amide bonds. The van der Waals surface area contributed by atoms with Crippen molar-refractivity contribution in [3.8, 4) is 0 Å². The van der Waals surface area contributed by atoms with Gasteiger partial charge in [-0.25, -0.2) is 0 Å². The molecule has 0 aromatic carbocycles. The Morgan fingerprint density at radius 2 is 1.23 bits per heavy atom. The molecule has 0 aliphatic heterocycles. The van der Waals surface area contributed by atoms with Crippen LogP contribution in [0.5, 0.6) is 0 Å². The van der Waals surface area contributed by atoms with Crippen LogP contribution in [0.3, 0.4) is 0 Å². The summed E-state index contributed by atoms with van der Waals surface area (Å²) in [5.41, 5.74) is 10.6. The summed E-state index contributed by atoms with van der Waals surface area (Å²) in [4.78, 5) is 0. The molecule has 0 saturated carbocycles. The summed E-state index contributed by atoms with van der Waals surface area (Å²) in [5.74, 6) is 1.99. The van der Waals surface area contributed by atoms with E-state index in [9.17, 15) is 0 Å². The van der Waals surface area contributed by atoms with Crippen LogP contribution in [-0.2, 0) is 0 Å². The van der Waals surface area contributed by atoms with E-state index in [1.165, 1.54) is 29.9 Å². The molecule has 0 aromatic rings. The first-order chi connectivity index (χ1) is 6.13. The molecule has 8 N–H and O–H groups in total. The van der Waals surface area contributed by atoms with Crippen LogP contribution in [0, 0.1) is 0 Å². The van der Waals surface area contributed by atoms with Gasteiger partial charge in [-0.2, -0.15) is 0 Å². The van der Waals surface area contributed by atoms with Gasteiger partial charge in [0.1, 0.15) is 0 Å². The fraction of sp³-hybridized carbons (Fsp3) is 0.714. The third-order valence-corrected chi connectivity index (χ3v) is 2.98. The molecular formula is C7H18N4S2+2. The fourth-order valence-electron chi connectivity index (χ4n) is 0.761. The smallest absolute Gasteiger partial charge is 0.282 e. The highest BCUT2D eigenvalue weighted by molar-refractivity contribution is 8.13. The van der Waals surface area contributed by atoms with Gasteiger partial charge in [-0.3, -0.25) is 22.3 Å². The van der Waals surface area contributed by atoms with E-state index < -0.39 is 0 Å². The second-order valence-electron chi connectivity index (χ2n) is 2.56. The number of nitrogens with two attached hydrogens (primary N) is 4. The molecule has 6 heteroatoms. The molecule has 0 aromatic heterocycles. The minimum absolute atomic E-state index is 0.453. The molecule has 0 fully saturated rings. The number of hydrogen-bond acceptors (Lipinski definition) is 2. The van der Waals surface area contributed by atoms with E-state index in [-0.39, 0.29) is 0 Å². The predicted molar refractivity (Wildman–Crippen MR) is 61.0 cm³/mol. The van der Waals surface area contributed by atoms with Crippen LogP contribution in [0.2, 0.25) is 0 Å². The average Bonchev–Trinajstić information content (AvgIpc) is 2.01. The van der Waals surface area contributed by atoms with E-state index in [0.29, 0.717) is 10.3 Å². The van der Waals surface area contributed by atoms with Crippen LogP contribution in [-0.4, -0.2) is 21.8 Å². The maximum Gasteiger partial charge on any atom is 0.299 e. The molecule has 0 aliphatic rings. The Morgan fingerprint density at radius 1 is 0.846 bits per heavy atom. The van der Waals surface area contributed by atoms with Crippen molar-refractivity contribution >= 4 is 33.9 Å². The largest absolute Gasteiger partial charge is 0.299 e. The van der Waals surface area contributed by atoms with E-state index in [1.807, 2.05) is 0 Å². The van der Waals surface area contributed by atoms with Gasteiger partial charge in [0.25, 0.3) is 10.3 Å². The standard InChI is InChI=1S/C7H16N4S2/c8-6(9)12-4-2-1-3-5-13-7(10)11/h1-5H2,(H3,8,9)(H3,10,11)/p+2. The summed E-state index contributed by atoms with van der Waals surface area (Å²) in [7, 11) is 0.